The van der Waals surface area contributed by atoms with Crippen LogP contribution in [0.1, 0.15) is 25.7 Å². The molecule has 0 bridgehead atoms. The van der Waals surface area contributed by atoms with Gasteiger partial charge in [0.05, 0.1) is 0 Å². The van der Waals surface area contributed by atoms with Crippen molar-refractivity contribution in [3.63, 3.8) is 0 Å². The van der Waals surface area contributed by atoms with Crippen LogP contribution in [0.5, 0.6) is 0 Å². The van der Waals surface area contributed by atoms with Gasteiger partial charge in [-0.2, -0.15) is 63.1 Å². The highest BCUT2D eigenvalue weighted by Gasteiger charge is 2.25. The number of thiol groups is 5. The van der Waals surface area contributed by atoms with Crippen LogP contribution in [0.3, 0.4) is 0 Å². The molecule has 20 heavy (non-hydrogen) atoms. The summed E-state index contributed by atoms with van der Waals surface area (Å²) in [5, 5.41) is 18.5. The molecule has 0 aromatic heterocycles. The van der Waals surface area contributed by atoms with E-state index < -0.39 is 0 Å². The summed E-state index contributed by atoms with van der Waals surface area (Å²) < 4.78 is 0. The molecule has 122 valence electrons. The van der Waals surface area contributed by atoms with Gasteiger partial charge in [0.1, 0.15) is 0 Å². The Morgan fingerprint density at radius 1 is 0.700 bits per heavy atom. The average Bonchev–Trinajstić information content (AvgIpc) is 2.42. The summed E-state index contributed by atoms with van der Waals surface area (Å²) in [6.07, 6.45) is 3.19. The van der Waals surface area contributed by atoms with Crippen LogP contribution in [0.4, 0.5) is 0 Å². The second-order valence-electron chi connectivity index (χ2n) is 5.17. The third kappa shape index (κ3) is 8.96. The molecule has 0 saturated carbocycles. The molecule has 2 nitrogen and oxygen atoms in total. The van der Waals surface area contributed by atoms with Crippen LogP contribution in [0.25, 0.3) is 0 Å². The zero-order chi connectivity index (χ0) is 15.5. The molecule has 0 aromatic carbocycles. The van der Waals surface area contributed by atoms with E-state index in [0.717, 1.165) is 24.3 Å². The molecule has 0 spiro atoms. The lowest BCUT2D eigenvalue weighted by atomic mass is 9.90. The van der Waals surface area contributed by atoms with E-state index in [0.29, 0.717) is 24.7 Å². The molecule has 0 aliphatic heterocycles. The van der Waals surface area contributed by atoms with Crippen molar-refractivity contribution in [1.82, 2.24) is 0 Å². The minimum Gasteiger partial charge on any atom is -0.396 e. The molecule has 0 aliphatic rings. The highest BCUT2D eigenvalue weighted by atomic mass is 32.1. The molecule has 0 aliphatic carbocycles. The zero-order valence-corrected chi connectivity index (χ0v) is 16.1. The maximum atomic E-state index is 9.01. The zero-order valence-electron chi connectivity index (χ0n) is 11.7. The van der Waals surface area contributed by atoms with Crippen molar-refractivity contribution in [2.75, 3.05) is 24.7 Å². The van der Waals surface area contributed by atoms with Crippen molar-refractivity contribution >= 4 is 63.1 Å². The summed E-state index contributed by atoms with van der Waals surface area (Å²) in [5.74, 6) is 2.18. The topological polar surface area (TPSA) is 40.5 Å². The highest BCUT2D eigenvalue weighted by molar-refractivity contribution is 7.82. The number of hydrogen-bond acceptors (Lipinski definition) is 7. The molecule has 0 radical (unpaired) electrons. The second-order valence-corrected chi connectivity index (χ2v) is 7.96. The fourth-order valence-electron chi connectivity index (χ4n) is 2.19. The summed E-state index contributed by atoms with van der Waals surface area (Å²) in [4.78, 5) is 0. The number of rotatable bonds is 12. The van der Waals surface area contributed by atoms with Gasteiger partial charge >= 0.3 is 0 Å². The third-order valence-electron chi connectivity index (χ3n) is 3.56. The van der Waals surface area contributed by atoms with Crippen molar-refractivity contribution in [2.45, 2.75) is 41.4 Å². The quantitative estimate of drug-likeness (QED) is 0.268. The van der Waals surface area contributed by atoms with Crippen molar-refractivity contribution in [3.8, 4) is 0 Å². The first-order chi connectivity index (χ1) is 9.49. The summed E-state index contributed by atoms with van der Waals surface area (Å²) in [5.41, 5.74) is 0. The van der Waals surface area contributed by atoms with Crippen LogP contribution in [0.2, 0.25) is 0 Å². The minimum atomic E-state index is 0.150. The van der Waals surface area contributed by atoms with Gasteiger partial charge in [-0.05, 0) is 49.0 Å². The van der Waals surface area contributed by atoms with E-state index in [-0.39, 0.29) is 29.0 Å². The molecule has 5 unspecified atom stereocenters. The van der Waals surface area contributed by atoms with Gasteiger partial charge in [0.2, 0.25) is 0 Å². The molecule has 0 fully saturated rings. The Bertz CT molecular complexity index is 233. The van der Waals surface area contributed by atoms with E-state index in [9.17, 15) is 0 Å². The van der Waals surface area contributed by atoms with Gasteiger partial charge in [0, 0.05) is 29.0 Å². The fourth-order valence-corrected chi connectivity index (χ4v) is 4.56. The van der Waals surface area contributed by atoms with Gasteiger partial charge in [0.15, 0.2) is 0 Å². The summed E-state index contributed by atoms with van der Waals surface area (Å²) >= 11 is 22.6. The van der Waals surface area contributed by atoms with E-state index in [1.807, 2.05) is 0 Å². The lowest BCUT2D eigenvalue weighted by Gasteiger charge is -2.29. The predicted octanol–water partition coefficient (Wildman–Crippen LogP) is 2.52. The Morgan fingerprint density at radius 2 is 1.20 bits per heavy atom. The predicted molar refractivity (Wildman–Crippen MR) is 106 cm³/mol. The number of hydrogen-bond donors (Lipinski definition) is 7. The van der Waals surface area contributed by atoms with Crippen molar-refractivity contribution in [2.24, 2.45) is 11.8 Å². The van der Waals surface area contributed by atoms with Gasteiger partial charge < -0.3 is 10.2 Å². The van der Waals surface area contributed by atoms with Crippen LogP contribution in [-0.4, -0.2) is 50.7 Å². The van der Waals surface area contributed by atoms with Crippen LogP contribution in [0, 0.1) is 11.8 Å². The molecule has 5 atom stereocenters. The Hall–Kier alpha value is 1.67. The first kappa shape index (κ1) is 21.7. The van der Waals surface area contributed by atoms with E-state index in [1.165, 1.54) is 0 Å². The maximum absolute atomic E-state index is 9.01. The Kier molecular flexibility index (Phi) is 14.2. The molecule has 0 aromatic rings. The first-order valence-corrected chi connectivity index (χ1v) is 9.79. The monoisotopic (exact) mass is 376 g/mol. The highest BCUT2D eigenvalue weighted by Crippen LogP contribution is 2.30. The SMILES string of the molecule is OCCC(S)CC(CS)C(S)CC(CS)C(S)CCO. The lowest BCUT2D eigenvalue weighted by molar-refractivity contribution is 0.272. The molecule has 0 rings (SSSR count). The van der Waals surface area contributed by atoms with E-state index in [1.54, 1.807) is 0 Å². The van der Waals surface area contributed by atoms with E-state index in [2.05, 4.69) is 50.5 Å². The summed E-state index contributed by atoms with van der Waals surface area (Å²) in [6.45, 7) is 0.320. The van der Waals surface area contributed by atoms with Crippen LogP contribution >= 0.6 is 63.1 Å². The Morgan fingerprint density at radius 3 is 1.65 bits per heavy atom. The molecule has 7 heteroatoms. The van der Waals surface area contributed by atoms with Gasteiger partial charge in [-0.1, -0.05) is 0 Å². The molecular formula is C13H28O2S5. The maximum Gasteiger partial charge on any atom is 0.0441 e. The first-order valence-electron chi connectivity index (χ1n) is 6.97. The van der Waals surface area contributed by atoms with Crippen molar-refractivity contribution < 1.29 is 10.2 Å². The third-order valence-corrected chi connectivity index (χ3v) is 6.28. The number of aliphatic hydroxyl groups excluding tert-OH is 2. The largest absolute Gasteiger partial charge is 0.396 e. The summed E-state index contributed by atoms with van der Waals surface area (Å²) in [7, 11) is 0. The van der Waals surface area contributed by atoms with Gasteiger partial charge in [-0.15, -0.1) is 0 Å². The average molecular weight is 377 g/mol. The Balaban J connectivity index is 4.39. The van der Waals surface area contributed by atoms with Crippen LogP contribution < -0.4 is 0 Å². The molecular weight excluding hydrogens is 348 g/mol. The van der Waals surface area contributed by atoms with Gasteiger partial charge in [0.25, 0.3) is 0 Å². The Labute approximate surface area is 150 Å². The van der Waals surface area contributed by atoms with E-state index in [4.69, 9.17) is 22.8 Å². The summed E-state index contributed by atoms with van der Waals surface area (Å²) in [6, 6.07) is 0. The number of aliphatic hydroxyl groups is 2. The van der Waals surface area contributed by atoms with Gasteiger partial charge in [-0.25, -0.2) is 0 Å². The van der Waals surface area contributed by atoms with Crippen LogP contribution in [-0.2, 0) is 0 Å². The smallest absolute Gasteiger partial charge is 0.0441 e. The second kappa shape index (κ2) is 13.1. The molecule has 0 amide bonds. The molecule has 0 heterocycles. The molecule has 0 saturated heterocycles. The van der Waals surface area contributed by atoms with Crippen molar-refractivity contribution in [3.05, 3.63) is 0 Å². The normalized spacial score (nSPS) is 19.4. The van der Waals surface area contributed by atoms with Gasteiger partial charge in [-0.3, -0.25) is 0 Å². The fraction of sp³-hybridized carbons (Fsp3) is 1.00. The standard InChI is InChI=1S/C13H28O2S5/c14-3-1-11(18)5-9(7-16)13(20)6-10(8-17)12(19)2-4-15/h9-20H,1-8H2. The van der Waals surface area contributed by atoms with E-state index >= 15 is 0 Å². The molecule has 2 N–H and O–H groups in total. The minimum absolute atomic E-state index is 0.150. The lowest BCUT2D eigenvalue weighted by Crippen LogP contribution is -2.28. The van der Waals surface area contributed by atoms with Crippen LogP contribution in [0.15, 0.2) is 0 Å². The van der Waals surface area contributed by atoms with Crippen molar-refractivity contribution in [1.29, 1.82) is 0 Å².